The van der Waals surface area contributed by atoms with Crippen molar-refractivity contribution in [3.63, 3.8) is 0 Å². The third-order valence-electron chi connectivity index (χ3n) is 3.36. The summed E-state index contributed by atoms with van der Waals surface area (Å²) in [7, 11) is 0. The number of hydrogen-bond acceptors (Lipinski definition) is 3. The zero-order chi connectivity index (χ0) is 16.3. The molecule has 0 bridgehead atoms. The molecule has 0 fully saturated rings. The highest BCUT2D eigenvalue weighted by Gasteiger charge is 2.11. The summed E-state index contributed by atoms with van der Waals surface area (Å²) >= 11 is 0. The molecule has 0 atom stereocenters. The van der Waals surface area contributed by atoms with Crippen molar-refractivity contribution in [1.29, 1.82) is 0 Å². The number of nitrogens with one attached hydrogen (secondary N) is 1. The summed E-state index contributed by atoms with van der Waals surface area (Å²) in [5.74, 6) is 0.470. The van der Waals surface area contributed by atoms with Crippen molar-refractivity contribution in [2.24, 2.45) is 0 Å². The van der Waals surface area contributed by atoms with Crippen LogP contribution in [0.1, 0.15) is 22.8 Å². The Bertz CT molecular complexity index is 599. The molecule has 1 N–H and O–H groups in total. The van der Waals surface area contributed by atoms with E-state index < -0.39 is 0 Å². The maximum Gasteiger partial charge on any atom is 0.255 e. The average Bonchev–Trinajstić information content (AvgIpc) is 2.60. The van der Waals surface area contributed by atoms with E-state index in [4.69, 9.17) is 9.47 Å². The minimum Gasteiger partial charge on any atom is -0.490 e. The first-order valence-electron chi connectivity index (χ1n) is 7.93. The molecule has 0 unspecified atom stereocenters. The van der Waals surface area contributed by atoms with Gasteiger partial charge in [-0.3, -0.25) is 4.79 Å². The lowest BCUT2D eigenvalue weighted by Crippen LogP contribution is -2.26. The molecule has 0 aliphatic heterocycles. The van der Waals surface area contributed by atoms with E-state index in [-0.39, 0.29) is 5.91 Å². The van der Waals surface area contributed by atoms with Crippen molar-refractivity contribution in [3.05, 3.63) is 65.7 Å². The van der Waals surface area contributed by atoms with Crippen LogP contribution in [0.25, 0.3) is 0 Å². The van der Waals surface area contributed by atoms with E-state index in [2.05, 4.69) is 17.4 Å². The summed E-state index contributed by atoms with van der Waals surface area (Å²) in [4.78, 5) is 12.3. The van der Waals surface area contributed by atoms with Crippen LogP contribution >= 0.6 is 0 Å². The Balaban J connectivity index is 1.86. The molecule has 0 saturated carbocycles. The fraction of sp³-hybridized carbons (Fsp3) is 0.316. The van der Waals surface area contributed by atoms with Gasteiger partial charge in [-0.15, -0.1) is 0 Å². The molecule has 4 nitrogen and oxygen atoms in total. The fourth-order valence-corrected chi connectivity index (χ4v) is 2.20. The third-order valence-corrected chi connectivity index (χ3v) is 3.36. The predicted molar refractivity (Wildman–Crippen MR) is 90.9 cm³/mol. The minimum atomic E-state index is -0.118. The van der Waals surface area contributed by atoms with Gasteiger partial charge >= 0.3 is 0 Å². The Hall–Kier alpha value is -2.33. The van der Waals surface area contributed by atoms with Gasteiger partial charge in [0.15, 0.2) is 0 Å². The number of amides is 1. The van der Waals surface area contributed by atoms with Crippen LogP contribution in [0.15, 0.2) is 54.6 Å². The number of hydrogen-bond donors (Lipinski definition) is 1. The molecule has 2 aromatic rings. The number of rotatable bonds is 9. The van der Waals surface area contributed by atoms with Crippen LogP contribution in [-0.4, -0.2) is 32.3 Å². The van der Waals surface area contributed by atoms with E-state index in [9.17, 15) is 4.79 Å². The van der Waals surface area contributed by atoms with E-state index >= 15 is 0 Å². The zero-order valence-electron chi connectivity index (χ0n) is 13.5. The van der Waals surface area contributed by atoms with E-state index in [1.807, 2.05) is 37.3 Å². The lowest BCUT2D eigenvalue weighted by molar-refractivity contribution is 0.0937. The summed E-state index contributed by atoms with van der Waals surface area (Å²) in [6.45, 7) is 4.14. The van der Waals surface area contributed by atoms with E-state index in [0.717, 1.165) is 6.42 Å². The fourth-order valence-electron chi connectivity index (χ4n) is 2.20. The molecule has 4 heteroatoms. The summed E-state index contributed by atoms with van der Waals surface area (Å²) < 4.78 is 10.9. The highest BCUT2D eigenvalue weighted by Crippen LogP contribution is 2.17. The van der Waals surface area contributed by atoms with Crippen molar-refractivity contribution >= 4 is 5.91 Å². The van der Waals surface area contributed by atoms with Crippen molar-refractivity contribution in [1.82, 2.24) is 5.32 Å². The monoisotopic (exact) mass is 313 g/mol. The van der Waals surface area contributed by atoms with Crippen LogP contribution in [0.3, 0.4) is 0 Å². The molecule has 0 aliphatic rings. The second-order valence-electron chi connectivity index (χ2n) is 5.03. The van der Waals surface area contributed by atoms with Crippen LogP contribution in [0.4, 0.5) is 0 Å². The summed E-state index contributed by atoms with van der Waals surface area (Å²) in [5.41, 5.74) is 1.76. The zero-order valence-corrected chi connectivity index (χ0v) is 13.5. The third kappa shape index (κ3) is 5.75. The van der Waals surface area contributed by atoms with Gasteiger partial charge in [-0.1, -0.05) is 42.5 Å². The molecule has 0 aliphatic carbocycles. The standard InChI is InChI=1S/C19H23NO3/c1-2-22-14-15-23-18-11-7-6-10-17(18)19(21)20-13-12-16-8-4-3-5-9-16/h3-11H,2,12-15H2,1H3,(H,20,21). The molecule has 0 radical (unpaired) electrons. The van der Waals surface area contributed by atoms with Crippen molar-refractivity contribution in [3.8, 4) is 5.75 Å². The summed E-state index contributed by atoms with van der Waals surface area (Å²) in [5, 5.41) is 2.94. The summed E-state index contributed by atoms with van der Waals surface area (Å²) in [6, 6.07) is 17.4. The van der Waals surface area contributed by atoms with Crippen molar-refractivity contribution in [2.75, 3.05) is 26.4 Å². The lowest BCUT2D eigenvalue weighted by atomic mass is 10.1. The van der Waals surface area contributed by atoms with Gasteiger partial charge in [0.25, 0.3) is 5.91 Å². The quantitative estimate of drug-likeness (QED) is 0.724. The molecule has 23 heavy (non-hydrogen) atoms. The maximum atomic E-state index is 12.3. The number of carbonyl (C=O) groups is 1. The van der Waals surface area contributed by atoms with Gasteiger partial charge in [0, 0.05) is 13.2 Å². The average molecular weight is 313 g/mol. The summed E-state index contributed by atoms with van der Waals surface area (Å²) in [6.07, 6.45) is 0.806. The van der Waals surface area contributed by atoms with Gasteiger partial charge in [0.05, 0.1) is 12.2 Å². The molecular formula is C19H23NO3. The molecule has 2 rings (SSSR count). The van der Waals surface area contributed by atoms with Crippen LogP contribution in [0.5, 0.6) is 5.75 Å². The molecule has 0 saturated heterocycles. The first kappa shape index (κ1) is 17.0. The lowest BCUT2D eigenvalue weighted by Gasteiger charge is -2.11. The van der Waals surface area contributed by atoms with Crippen LogP contribution in [0.2, 0.25) is 0 Å². The second kappa shape index (κ2) is 9.64. The van der Waals surface area contributed by atoms with Crippen molar-refractivity contribution < 1.29 is 14.3 Å². The minimum absolute atomic E-state index is 0.118. The maximum absolute atomic E-state index is 12.3. The largest absolute Gasteiger partial charge is 0.490 e. The number of carbonyl (C=O) groups excluding carboxylic acids is 1. The second-order valence-corrected chi connectivity index (χ2v) is 5.03. The topological polar surface area (TPSA) is 47.6 Å². The Labute approximate surface area is 137 Å². The normalized spacial score (nSPS) is 10.3. The molecule has 1 amide bonds. The molecular weight excluding hydrogens is 290 g/mol. The highest BCUT2D eigenvalue weighted by molar-refractivity contribution is 5.96. The first-order valence-corrected chi connectivity index (χ1v) is 7.93. The van der Waals surface area contributed by atoms with Crippen LogP contribution < -0.4 is 10.1 Å². The van der Waals surface area contributed by atoms with E-state index in [0.29, 0.717) is 37.7 Å². The van der Waals surface area contributed by atoms with Gasteiger partial charge in [-0.05, 0) is 31.0 Å². The highest BCUT2D eigenvalue weighted by atomic mass is 16.5. The Kier molecular flexibility index (Phi) is 7.14. The van der Waals surface area contributed by atoms with Crippen molar-refractivity contribution in [2.45, 2.75) is 13.3 Å². The van der Waals surface area contributed by atoms with Crippen LogP contribution in [-0.2, 0) is 11.2 Å². The van der Waals surface area contributed by atoms with Crippen LogP contribution in [0, 0.1) is 0 Å². The van der Waals surface area contributed by atoms with E-state index in [1.54, 1.807) is 12.1 Å². The predicted octanol–water partition coefficient (Wildman–Crippen LogP) is 3.07. The number of benzene rings is 2. The Morgan fingerprint density at radius 1 is 1.00 bits per heavy atom. The van der Waals surface area contributed by atoms with Gasteiger partial charge in [-0.2, -0.15) is 0 Å². The molecule has 0 heterocycles. The molecule has 122 valence electrons. The Morgan fingerprint density at radius 3 is 2.52 bits per heavy atom. The smallest absolute Gasteiger partial charge is 0.255 e. The number of ether oxygens (including phenoxy) is 2. The molecule has 0 aromatic heterocycles. The van der Waals surface area contributed by atoms with Gasteiger partial charge in [0.2, 0.25) is 0 Å². The molecule has 0 spiro atoms. The van der Waals surface area contributed by atoms with E-state index in [1.165, 1.54) is 5.56 Å². The Morgan fingerprint density at radius 2 is 1.74 bits per heavy atom. The SMILES string of the molecule is CCOCCOc1ccccc1C(=O)NCCc1ccccc1. The van der Waals surface area contributed by atoms with Gasteiger partial charge in [0.1, 0.15) is 12.4 Å². The van der Waals surface area contributed by atoms with Gasteiger partial charge < -0.3 is 14.8 Å². The number of para-hydroxylation sites is 1. The first-order chi connectivity index (χ1) is 11.3. The van der Waals surface area contributed by atoms with Gasteiger partial charge in [-0.25, -0.2) is 0 Å². The molecule has 2 aromatic carbocycles.